The number of nitrogens with zero attached hydrogens (tertiary/aromatic N) is 2. The molecule has 0 fully saturated rings. The van der Waals surface area contributed by atoms with Gasteiger partial charge in [-0.15, -0.1) is 10.2 Å². The van der Waals surface area contributed by atoms with E-state index in [1.807, 2.05) is 18.2 Å². The number of hydrogen-bond acceptors (Lipinski definition) is 3. The molecular weight excluding hydrogens is 395 g/mol. The van der Waals surface area contributed by atoms with Gasteiger partial charge in [-0.1, -0.05) is 28.1 Å². The topological polar surface area (TPSA) is 72.8 Å². The number of hydrogen-bond donors (Lipinski definition) is 3. The Bertz CT molecular complexity index is 924. The molecule has 122 valence electrons. The Balaban J connectivity index is 1.71. The number of aromatic hydroxyl groups is 1. The van der Waals surface area contributed by atoms with Crippen LogP contribution in [-0.4, -0.2) is 15.2 Å². The Kier molecular flexibility index (Phi) is 4.86. The summed E-state index contributed by atoms with van der Waals surface area (Å²) in [7, 11) is 0. The first-order valence-electron chi connectivity index (χ1n) is 6.97. The van der Waals surface area contributed by atoms with Crippen molar-refractivity contribution >= 4 is 49.9 Å². The van der Waals surface area contributed by atoms with Crippen LogP contribution in [0.5, 0.6) is 5.88 Å². The molecule has 0 amide bonds. The fraction of sp³-hybridized carbons (Fsp3) is 0.0625. The molecule has 0 aliphatic carbocycles. The van der Waals surface area contributed by atoms with Crippen LogP contribution in [0.4, 0.5) is 10.1 Å². The second kappa shape index (κ2) is 7.06. The molecule has 1 aromatic heterocycles. The molecular formula is C16H12BrFN4OS. The predicted octanol–water partition coefficient (Wildman–Crippen LogP) is 4.93. The van der Waals surface area contributed by atoms with Gasteiger partial charge in [-0.2, -0.15) is 0 Å². The van der Waals surface area contributed by atoms with Crippen LogP contribution >= 0.6 is 28.1 Å². The van der Waals surface area contributed by atoms with E-state index in [1.54, 1.807) is 12.1 Å². The maximum Gasteiger partial charge on any atom is 0.218 e. The van der Waals surface area contributed by atoms with Crippen molar-refractivity contribution in [1.29, 1.82) is 0 Å². The summed E-state index contributed by atoms with van der Waals surface area (Å²) in [6, 6.07) is 11.6. The van der Waals surface area contributed by atoms with Crippen molar-refractivity contribution in [1.82, 2.24) is 10.3 Å². The molecule has 0 bridgehead atoms. The summed E-state index contributed by atoms with van der Waals surface area (Å²) < 4.78 is 13.7. The molecule has 0 saturated carbocycles. The van der Waals surface area contributed by atoms with Gasteiger partial charge in [0.2, 0.25) is 11.0 Å². The van der Waals surface area contributed by atoms with Crippen molar-refractivity contribution in [3.63, 3.8) is 0 Å². The summed E-state index contributed by atoms with van der Waals surface area (Å²) in [4.78, 5) is 2.82. The Morgan fingerprint density at radius 1 is 1.25 bits per heavy atom. The predicted molar refractivity (Wildman–Crippen MR) is 98.0 cm³/mol. The molecule has 0 radical (unpaired) electrons. The lowest BCUT2D eigenvalue weighted by atomic mass is 10.2. The average Bonchev–Trinajstić information content (AvgIpc) is 2.87. The van der Waals surface area contributed by atoms with E-state index in [-0.39, 0.29) is 16.8 Å². The molecule has 0 spiro atoms. The zero-order chi connectivity index (χ0) is 17.1. The molecule has 0 aliphatic rings. The number of aromatic nitrogens is 1. The first-order chi connectivity index (χ1) is 11.5. The SMILES string of the molecule is Oc1[nH]c2ccc(Br)cc2c1N=NC(=S)NCc1ccc(F)cc1. The van der Waals surface area contributed by atoms with Crippen molar-refractivity contribution < 1.29 is 9.50 Å². The average molecular weight is 407 g/mol. The molecule has 5 nitrogen and oxygen atoms in total. The van der Waals surface area contributed by atoms with Gasteiger partial charge in [0.1, 0.15) is 5.82 Å². The van der Waals surface area contributed by atoms with E-state index in [9.17, 15) is 9.50 Å². The number of benzene rings is 2. The first kappa shape index (κ1) is 16.5. The number of fused-ring (bicyclic) bond motifs is 1. The molecule has 0 atom stereocenters. The van der Waals surface area contributed by atoms with Crippen molar-refractivity contribution in [2.75, 3.05) is 0 Å². The van der Waals surface area contributed by atoms with Crippen LogP contribution in [0, 0.1) is 5.82 Å². The van der Waals surface area contributed by atoms with E-state index in [0.29, 0.717) is 12.2 Å². The molecule has 2 aromatic carbocycles. The number of thiocarbonyl (C=S) groups is 1. The highest BCUT2D eigenvalue weighted by Crippen LogP contribution is 2.36. The summed E-state index contributed by atoms with van der Waals surface area (Å²) in [5.74, 6) is -0.366. The van der Waals surface area contributed by atoms with E-state index in [2.05, 4.69) is 36.5 Å². The molecule has 8 heteroatoms. The molecule has 3 N–H and O–H groups in total. The molecule has 24 heavy (non-hydrogen) atoms. The molecule has 0 aliphatic heterocycles. The van der Waals surface area contributed by atoms with Gasteiger partial charge in [0.15, 0.2) is 5.69 Å². The maximum atomic E-state index is 12.8. The Morgan fingerprint density at radius 3 is 2.75 bits per heavy atom. The molecule has 3 aromatic rings. The fourth-order valence-corrected chi connectivity index (χ4v) is 2.62. The molecule has 1 heterocycles. The third-order valence-corrected chi connectivity index (χ3v) is 4.03. The number of nitrogens with one attached hydrogen (secondary N) is 2. The summed E-state index contributed by atoms with van der Waals surface area (Å²) in [5.41, 5.74) is 1.93. The van der Waals surface area contributed by atoms with Crippen LogP contribution in [0.2, 0.25) is 0 Å². The highest BCUT2D eigenvalue weighted by Gasteiger charge is 2.10. The van der Waals surface area contributed by atoms with Crippen molar-refractivity contribution in [2.24, 2.45) is 10.2 Å². The smallest absolute Gasteiger partial charge is 0.218 e. The number of azo groups is 1. The van der Waals surface area contributed by atoms with Crippen LogP contribution in [0.15, 0.2) is 57.2 Å². The van der Waals surface area contributed by atoms with Crippen LogP contribution in [0.1, 0.15) is 5.56 Å². The van der Waals surface area contributed by atoms with Crippen LogP contribution < -0.4 is 5.32 Å². The van der Waals surface area contributed by atoms with Crippen LogP contribution in [0.3, 0.4) is 0 Å². The minimum Gasteiger partial charge on any atom is -0.493 e. The van der Waals surface area contributed by atoms with Crippen LogP contribution in [-0.2, 0) is 6.54 Å². The fourth-order valence-electron chi connectivity index (χ4n) is 2.15. The molecule has 3 rings (SSSR count). The van der Waals surface area contributed by atoms with E-state index in [0.717, 1.165) is 20.9 Å². The van der Waals surface area contributed by atoms with Crippen molar-refractivity contribution in [3.8, 4) is 5.88 Å². The first-order valence-corrected chi connectivity index (χ1v) is 8.17. The minimum absolute atomic E-state index is 0.0758. The van der Waals surface area contributed by atoms with Crippen molar-refractivity contribution in [3.05, 3.63) is 58.3 Å². The van der Waals surface area contributed by atoms with Gasteiger partial charge in [0.05, 0.1) is 5.52 Å². The summed E-state index contributed by atoms with van der Waals surface area (Å²) in [6.07, 6.45) is 0. The van der Waals surface area contributed by atoms with Gasteiger partial charge < -0.3 is 15.4 Å². The lowest BCUT2D eigenvalue weighted by Gasteiger charge is -2.03. The number of rotatable bonds is 3. The Hall–Kier alpha value is -2.32. The minimum atomic E-state index is -0.290. The van der Waals surface area contributed by atoms with E-state index >= 15 is 0 Å². The standard InChI is InChI=1S/C16H12BrFN4OS/c17-10-3-6-13-12(7-10)14(15(23)20-13)21-22-16(24)19-8-9-1-4-11(18)5-2-9/h1-7,20,23H,8H2,(H,19,24). The monoisotopic (exact) mass is 406 g/mol. The second-order valence-corrected chi connectivity index (χ2v) is 6.30. The van der Waals surface area contributed by atoms with E-state index < -0.39 is 0 Å². The number of H-pyrrole nitrogens is 1. The molecule has 0 unspecified atom stereocenters. The summed E-state index contributed by atoms with van der Waals surface area (Å²) in [6.45, 7) is 0.406. The summed E-state index contributed by atoms with van der Waals surface area (Å²) in [5, 5.41) is 21.7. The summed E-state index contributed by atoms with van der Waals surface area (Å²) >= 11 is 8.48. The van der Waals surface area contributed by atoms with Gasteiger partial charge in [0, 0.05) is 16.4 Å². The third-order valence-electron chi connectivity index (χ3n) is 3.31. The van der Waals surface area contributed by atoms with E-state index in [4.69, 9.17) is 12.2 Å². The largest absolute Gasteiger partial charge is 0.493 e. The Labute approximate surface area is 150 Å². The van der Waals surface area contributed by atoms with Gasteiger partial charge >= 0.3 is 0 Å². The number of halogens is 2. The van der Waals surface area contributed by atoms with Gasteiger partial charge in [-0.25, -0.2) is 4.39 Å². The van der Waals surface area contributed by atoms with Gasteiger partial charge in [-0.05, 0) is 48.1 Å². The molecule has 0 saturated heterocycles. The van der Waals surface area contributed by atoms with Gasteiger partial charge in [0.25, 0.3) is 0 Å². The highest BCUT2D eigenvalue weighted by atomic mass is 79.9. The third kappa shape index (κ3) is 3.77. The van der Waals surface area contributed by atoms with Crippen LogP contribution in [0.25, 0.3) is 10.9 Å². The maximum absolute atomic E-state index is 12.8. The van der Waals surface area contributed by atoms with Crippen molar-refractivity contribution in [2.45, 2.75) is 6.54 Å². The quantitative estimate of drug-likeness (QED) is 0.426. The number of aromatic amines is 1. The normalized spacial score (nSPS) is 11.2. The lowest BCUT2D eigenvalue weighted by molar-refractivity contribution is 0.459. The zero-order valence-electron chi connectivity index (χ0n) is 12.3. The second-order valence-electron chi connectivity index (χ2n) is 5.00. The lowest BCUT2D eigenvalue weighted by Crippen LogP contribution is -2.18. The van der Waals surface area contributed by atoms with Gasteiger partial charge in [-0.3, -0.25) is 0 Å². The zero-order valence-corrected chi connectivity index (χ0v) is 14.7. The highest BCUT2D eigenvalue weighted by molar-refractivity contribution is 9.10. The van der Waals surface area contributed by atoms with E-state index in [1.165, 1.54) is 12.1 Å². The Morgan fingerprint density at radius 2 is 2.00 bits per heavy atom.